The van der Waals surface area contributed by atoms with Gasteiger partial charge in [-0.25, -0.2) is 0 Å². The van der Waals surface area contributed by atoms with Crippen LogP contribution in [0.25, 0.3) is 98.4 Å². The van der Waals surface area contributed by atoms with E-state index in [0.717, 1.165) is 77.8 Å². The van der Waals surface area contributed by atoms with Crippen LogP contribution in [0.4, 0.5) is 34.1 Å². The van der Waals surface area contributed by atoms with Crippen LogP contribution in [0.3, 0.4) is 0 Å². The number of furan rings is 2. The summed E-state index contributed by atoms with van der Waals surface area (Å²) in [5, 5.41) is 12.5. The summed E-state index contributed by atoms with van der Waals surface area (Å²) in [4.78, 5) is 5.20. The molecule has 4 heteroatoms. The summed E-state index contributed by atoms with van der Waals surface area (Å²) in [6.45, 7) is 23.2. The van der Waals surface area contributed by atoms with E-state index in [-0.39, 0.29) is 10.8 Å². The molecule has 470 valence electrons. The Bertz CT molecular complexity index is 4890. The van der Waals surface area contributed by atoms with E-state index in [1.165, 1.54) is 152 Å². The molecule has 0 aliphatic heterocycles. The van der Waals surface area contributed by atoms with Gasteiger partial charge in [0.05, 0.1) is 22.7 Å². The maximum Gasteiger partial charge on any atom is 0.159 e. The van der Waals surface area contributed by atoms with Gasteiger partial charge in [0.1, 0.15) is 11.2 Å². The highest BCUT2D eigenvalue weighted by atomic mass is 16.3. The van der Waals surface area contributed by atoms with Gasteiger partial charge in [0.15, 0.2) is 11.2 Å². The van der Waals surface area contributed by atoms with Crippen LogP contribution >= 0.6 is 0 Å². The molecule has 0 radical (unpaired) electrons. The lowest BCUT2D eigenvalue weighted by molar-refractivity contribution is 0.445. The number of rotatable bonds is 12. The van der Waals surface area contributed by atoms with Crippen LogP contribution in [0, 0.1) is 0 Å². The largest absolute Gasteiger partial charge is 0.453 e. The van der Waals surface area contributed by atoms with E-state index in [4.69, 9.17) is 8.83 Å². The maximum absolute atomic E-state index is 7.57. The molecule has 0 unspecified atom stereocenters. The highest BCUT2D eigenvalue weighted by Gasteiger charge is 2.33. The molecule has 14 aromatic rings. The number of hydrogen-bond acceptors (Lipinski definition) is 4. The van der Waals surface area contributed by atoms with Crippen LogP contribution in [0.1, 0.15) is 190 Å². The molecule has 2 fully saturated rings. The van der Waals surface area contributed by atoms with Crippen molar-refractivity contribution < 1.29 is 8.83 Å². The third kappa shape index (κ3) is 10.1. The van der Waals surface area contributed by atoms with Crippen molar-refractivity contribution in [1.82, 2.24) is 0 Å². The fourth-order valence-electron chi connectivity index (χ4n) is 16.8. The lowest BCUT2D eigenvalue weighted by Gasteiger charge is -2.34. The summed E-state index contributed by atoms with van der Waals surface area (Å²) in [6, 6.07) is 79.1. The number of hydrogen-bond donors (Lipinski definition) is 0. The van der Waals surface area contributed by atoms with Gasteiger partial charge in [0, 0.05) is 54.8 Å². The molecular formula is C90H88N2O2. The first-order valence-electron chi connectivity index (χ1n) is 35.3. The van der Waals surface area contributed by atoms with Gasteiger partial charge in [-0.3, -0.25) is 0 Å². The Morgan fingerprint density at radius 3 is 1.06 bits per heavy atom. The normalized spacial score (nSPS) is 14.8. The van der Waals surface area contributed by atoms with Gasteiger partial charge in [-0.15, -0.1) is 0 Å². The number of nitrogens with zero attached hydrogens (tertiary/aromatic N) is 2. The molecule has 2 aliphatic rings. The Morgan fingerprint density at radius 1 is 0.319 bits per heavy atom. The molecule has 0 N–H and O–H groups in total. The first kappa shape index (κ1) is 59.9. The SMILES string of the molecule is CC(C)c1ccccc1-c1cccc2c1oc1c(N(c3cccc(C(C)(C)C)c3)c3cc(C4CCCCC4)c4ccc5c(N(c6cccc(C(C)(C)C)c6)c6cccc7c6oc6c(-c8ccccc8C(C)C)cccc67)cc(C6CCCCC6)c6ccc3c4c65)cccc12. The van der Waals surface area contributed by atoms with E-state index in [9.17, 15) is 0 Å². The van der Waals surface area contributed by atoms with E-state index < -0.39 is 0 Å². The highest BCUT2D eigenvalue weighted by Crippen LogP contribution is 2.56. The average Bonchev–Trinajstić information content (AvgIpc) is 0.811. The van der Waals surface area contributed by atoms with Crippen LogP contribution in [0.15, 0.2) is 215 Å². The molecule has 4 nitrogen and oxygen atoms in total. The van der Waals surface area contributed by atoms with Crippen molar-refractivity contribution in [1.29, 1.82) is 0 Å². The molecule has 2 aromatic heterocycles. The van der Waals surface area contributed by atoms with Gasteiger partial charge in [-0.1, -0.05) is 265 Å². The smallest absolute Gasteiger partial charge is 0.159 e. The fourth-order valence-corrected chi connectivity index (χ4v) is 16.8. The molecule has 2 heterocycles. The molecular weight excluding hydrogens is 1140 g/mol. The lowest BCUT2D eigenvalue weighted by atomic mass is 9.77. The quantitative estimate of drug-likeness (QED) is 0.114. The van der Waals surface area contributed by atoms with E-state index in [2.05, 4.69) is 285 Å². The van der Waals surface area contributed by atoms with Gasteiger partial charge in [-0.05, 0) is 175 Å². The zero-order valence-corrected chi connectivity index (χ0v) is 56.7. The molecule has 16 rings (SSSR count). The van der Waals surface area contributed by atoms with Crippen molar-refractivity contribution in [2.75, 3.05) is 9.80 Å². The minimum absolute atomic E-state index is 0.0972. The predicted octanol–water partition coefficient (Wildman–Crippen LogP) is 27.6. The first-order valence-corrected chi connectivity index (χ1v) is 35.3. The highest BCUT2D eigenvalue weighted by molar-refractivity contribution is 6.30. The third-order valence-electron chi connectivity index (χ3n) is 21.7. The second kappa shape index (κ2) is 23.4. The van der Waals surface area contributed by atoms with Crippen molar-refractivity contribution in [3.05, 3.63) is 240 Å². The monoisotopic (exact) mass is 1230 g/mol. The summed E-state index contributed by atoms with van der Waals surface area (Å²) in [5.74, 6) is 1.51. The van der Waals surface area contributed by atoms with Crippen LogP contribution in [0.2, 0.25) is 0 Å². The van der Waals surface area contributed by atoms with Crippen molar-refractivity contribution in [3.63, 3.8) is 0 Å². The molecule has 0 atom stereocenters. The minimum atomic E-state index is -0.0972. The zero-order chi connectivity index (χ0) is 64.3. The molecule has 2 saturated carbocycles. The summed E-state index contributed by atoms with van der Waals surface area (Å²) in [6.07, 6.45) is 12.2. The van der Waals surface area contributed by atoms with Crippen molar-refractivity contribution in [3.8, 4) is 22.3 Å². The number of fused-ring (bicyclic) bond motifs is 6. The molecule has 0 bridgehead atoms. The van der Waals surface area contributed by atoms with Crippen molar-refractivity contribution >= 4 is 110 Å². The standard InChI is InChI=1S/C90H88N2O2/c1-55(2)63-35-17-19-37-65(63)69-39-23-41-71-73-43-25-45-79(87(73)93-85(69)71)91(61-33-21-31-59(51-61)89(5,6)7)81-53-77(57-27-13-11-14-28-57)67-48-50-76-82(54-78(58-29-15-12-16-30-58)68-47-49-75(81)83(67)84(68)76)92(62-34-22-32-60(52-62)90(8,9)10)80-46-26-44-74-72-42-24-40-70(86(72)94-88(74)80)66-38-20-18-36-64(66)56(3)4/h17-26,31-58H,11-16,27-30H2,1-10H3. The van der Waals surface area contributed by atoms with Gasteiger partial charge < -0.3 is 18.6 Å². The molecule has 12 aromatic carbocycles. The minimum Gasteiger partial charge on any atom is -0.453 e. The topological polar surface area (TPSA) is 32.8 Å². The second-order valence-corrected chi connectivity index (χ2v) is 30.3. The third-order valence-corrected chi connectivity index (χ3v) is 21.7. The van der Waals surface area contributed by atoms with E-state index in [0.29, 0.717) is 23.7 Å². The Labute approximate surface area is 555 Å². The molecule has 94 heavy (non-hydrogen) atoms. The predicted molar refractivity (Wildman–Crippen MR) is 402 cm³/mol. The number of benzene rings is 12. The van der Waals surface area contributed by atoms with Gasteiger partial charge >= 0.3 is 0 Å². The Kier molecular flexibility index (Phi) is 14.9. The Balaban J connectivity index is 1.02. The van der Waals surface area contributed by atoms with E-state index in [1.807, 2.05) is 0 Å². The molecule has 0 saturated heterocycles. The lowest BCUT2D eigenvalue weighted by Crippen LogP contribution is -2.16. The van der Waals surface area contributed by atoms with E-state index >= 15 is 0 Å². The van der Waals surface area contributed by atoms with Gasteiger partial charge in [0.25, 0.3) is 0 Å². The average molecular weight is 1230 g/mol. The maximum atomic E-state index is 7.57. The van der Waals surface area contributed by atoms with Gasteiger partial charge in [0.2, 0.25) is 0 Å². The Morgan fingerprint density at radius 2 is 0.670 bits per heavy atom. The first-order chi connectivity index (χ1) is 45.6. The molecule has 2 aliphatic carbocycles. The summed E-state index contributed by atoms with van der Waals surface area (Å²) in [5.41, 5.74) is 23.0. The van der Waals surface area contributed by atoms with Crippen molar-refractivity contribution in [2.24, 2.45) is 0 Å². The van der Waals surface area contributed by atoms with Crippen molar-refractivity contribution in [2.45, 2.75) is 168 Å². The summed E-state index contributed by atoms with van der Waals surface area (Å²) in [7, 11) is 0. The molecule has 0 amide bonds. The Hall–Kier alpha value is -9.12. The van der Waals surface area contributed by atoms with Crippen LogP contribution in [-0.2, 0) is 10.8 Å². The number of anilines is 6. The fraction of sp³-hybridized carbons (Fsp3) is 0.289. The van der Waals surface area contributed by atoms with Gasteiger partial charge in [-0.2, -0.15) is 0 Å². The molecule has 0 spiro atoms. The van der Waals surface area contributed by atoms with E-state index in [1.54, 1.807) is 0 Å². The van der Waals surface area contributed by atoms with Crippen LogP contribution < -0.4 is 9.80 Å². The van der Waals surface area contributed by atoms with Crippen LogP contribution in [-0.4, -0.2) is 0 Å². The second-order valence-electron chi connectivity index (χ2n) is 30.3. The number of para-hydroxylation sites is 4. The zero-order valence-electron chi connectivity index (χ0n) is 56.7. The summed E-state index contributed by atoms with van der Waals surface area (Å²) >= 11 is 0. The van der Waals surface area contributed by atoms with Crippen LogP contribution in [0.5, 0.6) is 0 Å². The summed E-state index contributed by atoms with van der Waals surface area (Å²) < 4.78 is 15.1.